The molecule has 13 heavy (non-hydrogen) atoms. The third-order valence-corrected chi connectivity index (χ3v) is 4.69. The van der Waals surface area contributed by atoms with E-state index >= 15 is 0 Å². The molecule has 0 radical (unpaired) electrons. The summed E-state index contributed by atoms with van der Waals surface area (Å²) in [6.07, 6.45) is 1.19. The minimum atomic E-state index is 0.396. The van der Waals surface area contributed by atoms with Gasteiger partial charge in [0.15, 0.2) is 0 Å². The van der Waals surface area contributed by atoms with Gasteiger partial charge in [-0.05, 0) is 18.8 Å². The zero-order valence-corrected chi connectivity index (χ0v) is 10.8. The second kappa shape index (κ2) is 5.09. The van der Waals surface area contributed by atoms with E-state index in [0.717, 1.165) is 0 Å². The number of thioether (sulfide) groups is 1. The Labute approximate surface area is 88.2 Å². The second-order valence-corrected chi connectivity index (χ2v) is 6.44. The Balaban J connectivity index is 4.17. The van der Waals surface area contributed by atoms with E-state index in [9.17, 15) is 0 Å². The van der Waals surface area contributed by atoms with Crippen molar-refractivity contribution in [1.29, 1.82) is 0 Å². The maximum atomic E-state index is 4.04. The first kappa shape index (κ1) is 13.1. The van der Waals surface area contributed by atoms with E-state index in [-0.39, 0.29) is 0 Å². The highest BCUT2D eigenvalue weighted by molar-refractivity contribution is 8.00. The maximum absolute atomic E-state index is 4.04. The molecule has 0 N–H and O–H groups in total. The fourth-order valence-corrected chi connectivity index (χ4v) is 2.34. The van der Waals surface area contributed by atoms with Crippen LogP contribution in [0.5, 0.6) is 0 Å². The van der Waals surface area contributed by atoms with E-state index in [2.05, 4.69) is 59.9 Å². The Bertz CT molecular complexity index is 164. The van der Waals surface area contributed by atoms with E-state index in [0.29, 0.717) is 15.9 Å². The summed E-state index contributed by atoms with van der Waals surface area (Å²) in [6, 6.07) is 0. The van der Waals surface area contributed by atoms with Crippen molar-refractivity contribution in [2.45, 2.75) is 58.5 Å². The van der Waals surface area contributed by atoms with Crippen LogP contribution in [0.3, 0.4) is 0 Å². The lowest BCUT2D eigenvalue weighted by molar-refractivity contribution is 0.410. The minimum Gasteiger partial charge on any atom is -0.150 e. The van der Waals surface area contributed by atoms with Gasteiger partial charge < -0.3 is 0 Å². The van der Waals surface area contributed by atoms with Crippen LogP contribution in [0.1, 0.15) is 48.0 Å². The Hall–Kier alpha value is 0.0900. The average Bonchev–Trinajstić information content (AvgIpc) is 1.96. The average molecular weight is 200 g/mol. The van der Waals surface area contributed by atoms with Gasteiger partial charge in [0.25, 0.3) is 0 Å². The molecule has 1 heteroatoms. The summed E-state index contributed by atoms with van der Waals surface area (Å²) in [7, 11) is 0. The summed E-state index contributed by atoms with van der Waals surface area (Å²) in [5.41, 5.74) is 1.71. The van der Waals surface area contributed by atoms with E-state index in [1.807, 2.05) is 0 Å². The molecule has 2 atom stereocenters. The summed E-state index contributed by atoms with van der Waals surface area (Å²) >= 11 is 2.06. The van der Waals surface area contributed by atoms with Crippen LogP contribution >= 0.6 is 11.8 Å². The lowest BCUT2D eigenvalue weighted by Crippen LogP contribution is -2.22. The molecular formula is C12H24S. The topological polar surface area (TPSA) is 0 Å². The molecule has 0 aliphatic carbocycles. The van der Waals surface area contributed by atoms with Crippen LogP contribution in [0.15, 0.2) is 12.2 Å². The molecule has 0 nitrogen and oxygen atoms in total. The number of rotatable bonds is 4. The van der Waals surface area contributed by atoms with E-state index in [1.165, 1.54) is 12.0 Å². The monoisotopic (exact) mass is 200 g/mol. The van der Waals surface area contributed by atoms with Crippen LogP contribution in [0.2, 0.25) is 0 Å². The molecule has 78 valence electrons. The van der Waals surface area contributed by atoms with Gasteiger partial charge in [-0.2, -0.15) is 11.8 Å². The van der Waals surface area contributed by atoms with Gasteiger partial charge in [-0.3, -0.25) is 0 Å². The largest absolute Gasteiger partial charge is 0.150 e. The molecule has 0 aliphatic rings. The molecule has 0 heterocycles. The third kappa shape index (κ3) is 4.75. The Kier molecular flexibility index (Phi) is 5.13. The van der Waals surface area contributed by atoms with E-state index in [4.69, 9.17) is 0 Å². The molecule has 0 fully saturated rings. The van der Waals surface area contributed by atoms with Crippen LogP contribution in [0.25, 0.3) is 0 Å². The highest BCUT2D eigenvalue weighted by atomic mass is 32.2. The molecule has 0 saturated heterocycles. The molecule has 2 unspecified atom stereocenters. The summed E-state index contributed by atoms with van der Waals surface area (Å²) in [4.78, 5) is 0. The van der Waals surface area contributed by atoms with Crippen LogP contribution in [-0.4, -0.2) is 10.5 Å². The van der Waals surface area contributed by atoms with Gasteiger partial charge in [0, 0.05) is 10.5 Å². The van der Waals surface area contributed by atoms with Crippen LogP contribution in [0.4, 0.5) is 0 Å². The highest BCUT2D eigenvalue weighted by Gasteiger charge is 2.23. The van der Waals surface area contributed by atoms with Crippen molar-refractivity contribution < 1.29 is 0 Å². The first-order valence-corrected chi connectivity index (χ1v) is 6.04. The van der Waals surface area contributed by atoms with Crippen molar-refractivity contribution in [3.8, 4) is 0 Å². The molecular weight excluding hydrogens is 176 g/mol. The number of hydrogen-bond acceptors (Lipinski definition) is 1. The zero-order valence-electron chi connectivity index (χ0n) is 9.98. The van der Waals surface area contributed by atoms with Crippen molar-refractivity contribution in [2.24, 2.45) is 5.41 Å². The minimum absolute atomic E-state index is 0.396. The van der Waals surface area contributed by atoms with Gasteiger partial charge in [-0.25, -0.2) is 0 Å². The first-order chi connectivity index (χ1) is 5.79. The normalized spacial score (nSPS) is 16.8. The van der Waals surface area contributed by atoms with Gasteiger partial charge in [0.2, 0.25) is 0 Å². The summed E-state index contributed by atoms with van der Waals surface area (Å²) < 4.78 is 0. The van der Waals surface area contributed by atoms with Gasteiger partial charge in [-0.1, -0.05) is 46.8 Å². The van der Waals surface area contributed by atoms with Crippen molar-refractivity contribution in [1.82, 2.24) is 0 Å². The zero-order chi connectivity index (χ0) is 10.6. The van der Waals surface area contributed by atoms with Crippen molar-refractivity contribution in [2.75, 3.05) is 0 Å². The Morgan fingerprint density at radius 2 is 1.85 bits per heavy atom. The van der Waals surface area contributed by atoms with Crippen molar-refractivity contribution in [3.05, 3.63) is 12.2 Å². The van der Waals surface area contributed by atoms with E-state index < -0.39 is 0 Å². The standard InChI is InChI=1S/C12H24S/c1-8-11(9(2)3)13-10(4)12(5,6)7/h10-11H,2,8H2,1,3-7H3. The van der Waals surface area contributed by atoms with Crippen LogP contribution < -0.4 is 0 Å². The smallest absolute Gasteiger partial charge is 0.0251 e. The van der Waals surface area contributed by atoms with Gasteiger partial charge in [0.05, 0.1) is 0 Å². The Morgan fingerprint density at radius 3 is 2.08 bits per heavy atom. The molecule has 0 spiro atoms. The molecule has 0 amide bonds. The highest BCUT2D eigenvalue weighted by Crippen LogP contribution is 2.35. The van der Waals surface area contributed by atoms with Gasteiger partial charge in [-0.15, -0.1) is 0 Å². The SMILES string of the molecule is C=C(C)C(CC)SC(C)C(C)(C)C. The molecule has 0 aromatic carbocycles. The van der Waals surface area contributed by atoms with Crippen LogP contribution in [0, 0.1) is 5.41 Å². The summed E-state index contributed by atoms with van der Waals surface area (Å²) in [5, 5.41) is 1.32. The predicted octanol–water partition coefficient (Wildman–Crippen LogP) is 4.51. The van der Waals surface area contributed by atoms with Gasteiger partial charge >= 0.3 is 0 Å². The summed E-state index contributed by atoms with van der Waals surface area (Å²) in [6.45, 7) is 17.6. The first-order valence-electron chi connectivity index (χ1n) is 5.10. The molecule has 0 aromatic heterocycles. The molecule has 0 aromatic rings. The quantitative estimate of drug-likeness (QED) is 0.602. The Morgan fingerprint density at radius 1 is 1.38 bits per heavy atom. The van der Waals surface area contributed by atoms with Crippen molar-refractivity contribution >= 4 is 11.8 Å². The molecule has 0 rings (SSSR count). The molecule has 0 saturated carbocycles. The second-order valence-electron chi connectivity index (χ2n) is 4.89. The fourth-order valence-electron chi connectivity index (χ4n) is 1.01. The number of hydrogen-bond donors (Lipinski definition) is 0. The lowest BCUT2D eigenvalue weighted by Gasteiger charge is -2.30. The summed E-state index contributed by atoms with van der Waals surface area (Å²) in [5.74, 6) is 0. The predicted molar refractivity (Wildman–Crippen MR) is 65.4 cm³/mol. The van der Waals surface area contributed by atoms with Crippen molar-refractivity contribution in [3.63, 3.8) is 0 Å². The fraction of sp³-hybridized carbons (Fsp3) is 0.833. The third-order valence-electron chi connectivity index (χ3n) is 2.51. The van der Waals surface area contributed by atoms with Gasteiger partial charge in [0.1, 0.15) is 0 Å². The van der Waals surface area contributed by atoms with E-state index in [1.54, 1.807) is 0 Å². The van der Waals surface area contributed by atoms with Crippen LogP contribution in [-0.2, 0) is 0 Å². The molecule has 0 aliphatic heterocycles. The lowest BCUT2D eigenvalue weighted by atomic mass is 9.93. The maximum Gasteiger partial charge on any atom is 0.0251 e. The molecule has 0 bridgehead atoms.